The summed E-state index contributed by atoms with van der Waals surface area (Å²) in [5, 5.41) is 7.23. The third-order valence-electron chi connectivity index (χ3n) is 7.17. The molecule has 5 rings (SSSR count). The maximum atomic E-state index is 13.3. The molecule has 0 unspecified atom stereocenters. The minimum Gasteiger partial charge on any atom is -0.340 e. The van der Waals surface area contributed by atoms with Crippen LogP contribution in [0.3, 0.4) is 0 Å². The summed E-state index contributed by atoms with van der Waals surface area (Å²) in [6.45, 7) is 6.67. The molecule has 202 valence electrons. The largest absolute Gasteiger partial charge is 0.340 e. The number of carbonyl (C=O) groups is 2. The number of likely N-dealkylation sites (N-methyl/N-ethyl adjacent to an activating group) is 1. The SMILES string of the molecule is CCN1CCN(C(=O)CCCc2cn(-c3ccccc3)c(NC(=O)c3cccc(-c4cnn(C)c4)c3)n2)CC1. The van der Waals surface area contributed by atoms with Crippen molar-refractivity contribution >= 4 is 17.8 Å². The van der Waals surface area contributed by atoms with Gasteiger partial charge in [-0.25, -0.2) is 4.98 Å². The van der Waals surface area contributed by atoms with E-state index in [1.54, 1.807) is 16.9 Å². The van der Waals surface area contributed by atoms with Crippen LogP contribution in [0.1, 0.15) is 35.8 Å². The summed E-state index contributed by atoms with van der Waals surface area (Å²) in [6, 6.07) is 17.3. The zero-order valence-electron chi connectivity index (χ0n) is 22.6. The molecule has 0 aliphatic carbocycles. The first-order chi connectivity index (χ1) is 19.0. The molecule has 0 atom stereocenters. The molecular formula is C30H35N7O2. The highest BCUT2D eigenvalue weighted by Gasteiger charge is 2.20. The second kappa shape index (κ2) is 12.1. The Morgan fingerprint density at radius 3 is 2.46 bits per heavy atom. The number of nitrogens with one attached hydrogen (secondary N) is 1. The van der Waals surface area contributed by atoms with E-state index in [1.807, 2.05) is 77.4 Å². The van der Waals surface area contributed by atoms with Crippen molar-refractivity contribution in [3.8, 4) is 16.8 Å². The minimum atomic E-state index is -0.239. The van der Waals surface area contributed by atoms with Crippen LogP contribution in [0.15, 0.2) is 73.2 Å². The molecule has 2 amide bonds. The molecule has 39 heavy (non-hydrogen) atoms. The molecular weight excluding hydrogens is 490 g/mol. The van der Waals surface area contributed by atoms with Crippen molar-refractivity contribution in [2.75, 3.05) is 38.0 Å². The molecule has 9 heteroatoms. The lowest BCUT2D eigenvalue weighted by Gasteiger charge is -2.34. The van der Waals surface area contributed by atoms with Crippen LogP contribution in [0.4, 0.5) is 5.95 Å². The third-order valence-corrected chi connectivity index (χ3v) is 7.17. The van der Waals surface area contributed by atoms with Gasteiger partial charge in [0.1, 0.15) is 0 Å². The van der Waals surface area contributed by atoms with Crippen molar-refractivity contribution in [3.63, 3.8) is 0 Å². The van der Waals surface area contributed by atoms with Gasteiger partial charge in [0, 0.05) is 68.9 Å². The van der Waals surface area contributed by atoms with Crippen LogP contribution in [-0.4, -0.2) is 73.7 Å². The topological polar surface area (TPSA) is 88.3 Å². The van der Waals surface area contributed by atoms with E-state index in [0.717, 1.165) is 55.2 Å². The number of anilines is 1. The van der Waals surface area contributed by atoms with Gasteiger partial charge >= 0.3 is 0 Å². The molecule has 1 saturated heterocycles. The number of aromatic nitrogens is 4. The van der Waals surface area contributed by atoms with E-state index in [0.29, 0.717) is 30.8 Å². The van der Waals surface area contributed by atoms with E-state index in [1.165, 1.54) is 0 Å². The summed E-state index contributed by atoms with van der Waals surface area (Å²) in [5.41, 5.74) is 4.14. The van der Waals surface area contributed by atoms with Crippen LogP contribution >= 0.6 is 0 Å². The van der Waals surface area contributed by atoms with Gasteiger partial charge in [-0.15, -0.1) is 0 Å². The second-order valence-corrected chi connectivity index (χ2v) is 9.87. The molecule has 2 aromatic carbocycles. The summed E-state index contributed by atoms with van der Waals surface area (Å²) < 4.78 is 3.63. The van der Waals surface area contributed by atoms with Crippen molar-refractivity contribution in [1.29, 1.82) is 0 Å². The molecule has 0 spiro atoms. The third kappa shape index (κ3) is 6.43. The fourth-order valence-electron chi connectivity index (χ4n) is 4.90. The van der Waals surface area contributed by atoms with Gasteiger partial charge in [0.25, 0.3) is 5.91 Å². The van der Waals surface area contributed by atoms with Gasteiger partial charge < -0.3 is 9.80 Å². The quantitative estimate of drug-likeness (QED) is 0.357. The smallest absolute Gasteiger partial charge is 0.258 e. The number of hydrogen-bond acceptors (Lipinski definition) is 5. The highest BCUT2D eigenvalue weighted by molar-refractivity contribution is 6.04. The van der Waals surface area contributed by atoms with E-state index in [9.17, 15) is 9.59 Å². The Morgan fingerprint density at radius 1 is 0.949 bits per heavy atom. The number of piperazine rings is 1. The Balaban J connectivity index is 1.27. The standard InChI is InChI=1S/C30H35N7O2/c1-3-35-15-17-36(18-16-35)28(38)14-8-11-26-22-37(27-12-5-4-6-13-27)30(32-26)33-29(39)24-10-7-9-23(19-24)25-20-31-34(2)21-25/h4-7,9-10,12-13,19-22H,3,8,11,14-18H2,1-2H3,(H,32,33,39). The van der Waals surface area contributed by atoms with E-state index in [-0.39, 0.29) is 11.8 Å². The molecule has 0 radical (unpaired) electrons. The zero-order chi connectivity index (χ0) is 27.2. The summed E-state index contributed by atoms with van der Waals surface area (Å²) in [4.78, 5) is 35.1. The number of nitrogens with zero attached hydrogens (tertiary/aromatic N) is 6. The van der Waals surface area contributed by atoms with Crippen molar-refractivity contribution in [2.24, 2.45) is 7.05 Å². The number of amides is 2. The monoisotopic (exact) mass is 525 g/mol. The number of hydrogen-bond donors (Lipinski definition) is 1. The Kier molecular flexibility index (Phi) is 8.17. The molecule has 3 heterocycles. The summed E-state index contributed by atoms with van der Waals surface area (Å²) in [6.07, 6.45) is 7.50. The average molecular weight is 526 g/mol. The average Bonchev–Trinajstić information content (AvgIpc) is 3.59. The van der Waals surface area contributed by atoms with Gasteiger partial charge in [-0.2, -0.15) is 5.10 Å². The Labute approximate surface area is 229 Å². The molecule has 0 bridgehead atoms. The van der Waals surface area contributed by atoms with Crippen molar-refractivity contribution in [2.45, 2.75) is 26.2 Å². The van der Waals surface area contributed by atoms with Gasteiger partial charge in [-0.3, -0.25) is 24.2 Å². The van der Waals surface area contributed by atoms with Gasteiger partial charge in [0.15, 0.2) is 0 Å². The first-order valence-corrected chi connectivity index (χ1v) is 13.5. The van der Waals surface area contributed by atoms with E-state index >= 15 is 0 Å². The maximum Gasteiger partial charge on any atom is 0.258 e. The van der Waals surface area contributed by atoms with Crippen molar-refractivity contribution in [1.82, 2.24) is 29.1 Å². The van der Waals surface area contributed by atoms with E-state index in [4.69, 9.17) is 4.98 Å². The van der Waals surface area contributed by atoms with Crippen LogP contribution in [-0.2, 0) is 18.3 Å². The molecule has 1 aliphatic rings. The molecule has 1 N–H and O–H groups in total. The number of imidazole rings is 1. The van der Waals surface area contributed by atoms with Gasteiger partial charge in [-0.1, -0.05) is 37.3 Å². The highest BCUT2D eigenvalue weighted by atomic mass is 16.2. The molecule has 9 nitrogen and oxygen atoms in total. The molecule has 4 aromatic rings. The summed E-state index contributed by atoms with van der Waals surface area (Å²) >= 11 is 0. The van der Waals surface area contributed by atoms with E-state index in [2.05, 4.69) is 22.2 Å². The van der Waals surface area contributed by atoms with Crippen LogP contribution in [0.2, 0.25) is 0 Å². The maximum absolute atomic E-state index is 13.3. The van der Waals surface area contributed by atoms with E-state index < -0.39 is 0 Å². The Morgan fingerprint density at radius 2 is 1.74 bits per heavy atom. The van der Waals surface area contributed by atoms with Crippen molar-refractivity contribution in [3.05, 3.63) is 84.4 Å². The fraction of sp³-hybridized carbons (Fsp3) is 0.333. The normalized spacial score (nSPS) is 13.9. The second-order valence-electron chi connectivity index (χ2n) is 9.87. The number of benzene rings is 2. The van der Waals surface area contributed by atoms with Crippen LogP contribution in [0.5, 0.6) is 0 Å². The van der Waals surface area contributed by atoms with Crippen LogP contribution in [0.25, 0.3) is 16.8 Å². The Bertz CT molecular complexity index is 1420. The first-order valence-electron chi connectivity index (χ1n) is 13.5. The summed E-state index contributed by atoms with van der Waals surface area (Å²) in [5.74, 6) is 0.418. The number of para-hydroxylation sites is 1. The molecule has 0 saturated carbocycles. The lowest BCUT2D eigenvalue weighted by Crippen LogP contribution is -2.48. The molecule has 1 fully saturated rings. The summed E-state index contributed by atoms with van der Waals surface area (Å²) in [7, 11) is 1.87. The number of rotatable bonds is 9. The zero-order valence-corrected chi connectivity index (χ0v) is 22.6. The van der Waals surface area contributed by atoms with Gasteiger partial charge in [0.2, 0.25) is 11.9 Å². The highest BCUT2D eigenvalue weighted by Crippen LogP contribution is 2.22. The predicted octanol–water partition coefficient (Wildman–Crippen LogP) is 4.01. The van der Waals surface area contributed by atoms with Crippen LogP contribution in [0, 0.1) is 0 Å². The number of aryl methyl sites for hydroxylation is 2. The molecule has 1 aliphatic heterocycles. The van der Waals surface area contributed by atoms with Crippen LogP contribution < -0.4 is 5.32 Å². The fourth-order valence-corrected chi connectivity index (χ4v) is 4.90. The Hall–Kier alpha value is -4.24. The lowest BCUT2D eigenvalue weighted by molar-refractivity contribution is -0.133. The van der Waals surface area contributed by atoms with Gasteiger partial charge in [0.05, 0.1) is 11.9 Å². The number of carbonyl (C=O) groups excluding carboxylic acids is 2. The van der Waals surface area contributed by atoms with Crippen molar-refractivity contribution < 1.29 is 9.59 Å². The minimum absolute atomic E-state index is 0.204. The van der Waals surface area contributed by atoms with Gasteiger partial charge in [-0.05, 0) is 49.2 Å². The molecule has 2 aromatic heterocycles. The lowest BCUT2D eigenvalue weighted by atomic mass is 10.1. The predicted molar refractivity (Wildman–Crippen MR) is 152 cm³/mol. The first kappa shape index (κ1) is 26.4.